The predicted octanol–water partition coefficient (Wildman–Crippen LogP) is 1.01. The first-order valence-corrected chi connectivity index (χ1v) is 6.38. The van der Waals surface area contributed by atoms with Crippen molar-refractivity contribution in [3.05, 3.63) is 35.4 Å². The summed E-state index contributed by atoms with van der Waals surface area (Å²) in [7, 11) is 0. The van der Waals surface area contributed by atoms with Gasteiger partial charge in [-0.1, -0.05) is 12.1 Å². The number of aliphatic hydroxyl groups is 1. The van der Waals surface area contributed by atoms with Crippen LogP contribution in [0.15, 0.2) is 24.3 Å². The number of nitrogens with zero attached hydrogens (tertiary/aromatic N) is 1. The molecular formula is C14H17NO5S. The number of benzene rings is 1. The Hall–Kier alpha value is -1.86. The standard InChI is InChI=1S/C14H15NO5.H2S/c16-8-4-3-7-11(14(19)20)15-12(17)9-5-1-2-6-10(9)13(15)18;/h1-2,5-6,11,16H,3-4,7-8H2,(H,19,20);1H2/t11-;/m0./s1. The molecule has 0 bridgehead atoms. The Bertz CT molecular complexity index is 525. The first-order valence-electron chi connectivity index (χ1n) is 6.38. The van der Waals surface area contributed by atoms with Gasteiger partial charge in [0.25, 0.3) is 11.8 Å². The van der Waals surface area contributed by atoms with Crippen LogP contribution in [0.3, 0.4) is 0 Å². The number of imide groups is 1. The molecule has 1 atom stereocenters. The minimum absolute atomic E-state index is 0. The van der Waals surface area contributed by atoms with Gasteiger partial charge in [0.2, 0.25) is 0 Å². The lowest BCUT2D eigenvalue weighted by Gasteiger charge is -2.22. The predicted molar refractivity (Wildman–Crippen MR) is 79.7 cm³/mol. The van der Waals surface area contributed by atoms with Crippen LogP contribution in [0.4, 0.5) is 0 Å². The van der Waals surface area contributed by atoms with Crippen molar-refractivity contribution in [3.8, 4) is 0 Å². The zero-order chi connectivity index (χ0) is 14.7. The SMILES string of the molecule is O=C(O)[C@H](CCCCO)N1C(=O)c2ccccc2C1=O.S. The Morgan fingerprint density at radius 1 is 1.10 bits per heavy atom. The summed E-state index contributed by atoms with van der Waals surface area (Å²) in [5.41, 5.74) is 0.483. The summed E-state index contributed by atoms with van der Waals surface area (Å²) in [5.74, 6) is -2.35. The molecule has 2 rings (SSSR count). The summed E-state index contributed by atoms with van der Waals surface area (Å²) >= 11 is 0. The number of amides is 2. The molecule has 1 aromatic carbocycles. The van der Waals surface area contributed by atoms with E-state index >= 15 is 0 Å². The average Bonchev–Trinajstić information content (AvgIpc) is 2.68. The van der Waals surface area contributed by atoms with Crippen LogP contribution in [0.2, 0.25) is 0 Å². The third-order valence-corrected chi connectivity index (χ3v) is 3.31. The Kier molecular flexibility index (Phi) is 5.92. The summed E-state index contributed by atoms with van der Waals surface area (Å²) in [6.07, 6.45) is 1.01. The second-order valence-electron chi connectivity index (χ2n) is 4.60. The van der Waals surface area contributed by atoms with E-state index in [-0.39, 0.29) is 37.7 Å². The second-order valence-corrected chi connectivity index (χ2v) is 4.60. The molecule has 0 fully saturated rings. The zero-order valence-corrected chi connectivity index (χ0v) is 12.3. The topological polar surface area (TPSA) is 94.9 Å². The van der Waals surface area contributed by atoms with E-state index < -0.39 is 23.8 Å². The van der Waals surface area contributed by atoms with Crippen molar-refractivity contribution in [1.82, 2.24) is 4.90 Å². The molecule has 1 aromatic rings. The molecule has 2 N–H and O–H groups in total. The van der Waals surface area contributed by atoms with Crippen molar-refractivity contribution in [2.24, 2.45) is 0 Å². The van der Waals surface area contributed by atoms with Gasteiger partial charge >= 0.3 is 5.97 Å². The van der Waals surface area contributed by atoms with Gasteiger partial charge in [-0.25, -0.2) is 4.79 Å². The maximum atomic E-state index is 12.2. The number of unbranched alkanes of at least 4 members (excludes halogenated alkanes) is 1. The van der Waals surface area contributed by atoms with Crippen LogP contribution in [0.1, 0.15) is 40.0 Å². The van der Waals surface area contributed by atoms with Gasteiger partial charge in [0.1, 0.15) is 6.04 Å². The van der Waals surface area contributed by atoms with E-state index in [1.165, 1.54) is 12.1 Å². The third kappa shape index (κ3) is 3.25. The molecule has 0 spiro atoms. The maximum absolute atomic E-state index is 12.2. The van der Waals surface area contributed by atoms with Crippen LogP contribution >= 0.6 is 13.5 Å². The smallest absolute Gasteiger partial charge is 0.326 e. The molecule has 114 valence electrons. The van der Waals surface area contributed by atoms with E-state index in [1.807, 2.05) is 0 Å². The molecule has 0 radical (unpaired) electrons. The minimum Gasteiger partial charge on any atom is -0.480 e. The van der Waals surface area contributed by atoms with Gasteiger partial charge in [-0.3, -0.25) is 14.5 Å². The molecule has 7 heteroatoms. The number of rotatable bonds is 6. The number of fused-ring (bicyclic) bond motifs is 1. The van der Waals surface area contributed by atoms with Gasteiger partial charge < -0.3 is 10.2 Å². The lowest BCUT2D eigenvalue weighted by molar-refractivity contribution is -0.141. The van der Waals surface area contributed by atoms with Crippen molar-refractivity contribution in [1.29, 1.82) is 0 Å². The monoisotopic (exact) mass is 311 g/mol. The quantitative estimate of drug-likeness (QED) is 0.604. The fraction of sp³-hybridized carbons (Fsp3) is 0.357. The number of aliphatic hydroxyl groups excluding tert-OH is 1. The number of carbonyl (C=O) groups is 3. The molecule has 1 aliphatic heterocycles. The van der Waals surface area contributed by atoms with Crippen LogP contribution in [0.25, 0.3) is 0 Å². The fourth-order valence-corrected chi connectivity index (χ4v) is 2.30. The fourth-order valence-electron chi connectivity index (χ4n) is 2.30. The average molecular weight is 311 g/mol. The number of carbonyl (C=O) groups excluding carboxylic acids is 2. The van der Waals surface area contributed by atoms with Gasteiger partial charge in [-0.15, -0.1) is 0 Å². The molecule has 0 unspecified atom stereocenters. The van der Waals surface area contributed by atoms with Gasteiger partial charge in [-0.2, -0.15) is 13.5 Å². The molecule has 6 nitrogen and oxygen atoms in total. The van der Waals surface area contributed by atoms with E-state index in [9.17, 15) is 19.5 Å². The summed E-state index contributed by atoms with van der Waals surface area (Å²) in [6.45, 7) is -0.0472. The molecule has 1 heterocycles. The highest BCUT2D eigenvalue weighted by Gasteiger charge is 2.42. The van der Waals surface area contributed by atoms with Crippen LogP contribution in [-0.2, 0) is 4.79 Å². The Morgan fingerprint density at radius 2 is 1.62 bits per heavy atom. The van der Waals surface area contributed by atoms with E-state index in [4.69, 9.17) is 5.11 Å². The molecule has 2 amide bonds. The van der Waals surface area contributed by atoms with Crippen LogP contribution in [-0.4, -0.2) is 45.5 Å². The third-order valence-electron chi connectivity index (χ3n) is 3.31. The second kappa shape index (κ2) is 7.24. The van der Waals surface area contributed by atoms with Crippen LogP contribution in [0, 0.1) is 0 Å². The number of carboxylic acids is 1. The van der Waals surface area contributed by atoms with Gasteiger partial charge in [0.05, 0.1) is 11.1 Å². The first-order chi connectivity index (χ1) is 9.57. The van der Waals surface area contributed by atoms with Crippen molar-refractivity contribution < 1.29 is 24.6 Å². The summed E-state index contributed by atoms with van der Waals surface area (Å²) in [6, 6.07) is 5.11. The van der Waals surface area contributed by atoms with Crippen LogP contribution in [0.5, 0.6) is 0 Å². The molecular weight excluding hydrogens is 294 g/mol. The number of aliphatic carboxylic acids is 1. The van der Waals surface area contributed by atoms with E-state index in [0.29, 0.717) is 12.8 Å². The van der Waals surface area contributed by atoms with E-state index in [2.05, 4.69) is 0 Å². The van der Waals surface area contributed by atoms with Crippen molar-refractivity contribution in [2.45, 2.75) is 25.3 Å². The van der Waals surface area contributed by atoms with E-state index in [1.54, 1.807) is 12.1 Å². The minimum atomic E-state index is -1.21. The molecule has 0 aromatic heterocycles. The highest BCUT2D eigenvalue weighted by atomic mass is 32.1. The Balaban J connectivity index is 0.00000220. The lowest BCUT2D eigenvalue weighted by atomic mass is 10.1. The van der Waals surface area contributed by atoms with Gasteiger partial charge in [-0.05, 0) is 31.4 Å². The summed E-state index contributed by atoms with van der Waals surface area (Å²) in [5, 5.41) is 18.0. The van der Waals surface area contributed by atoms with Crippen molar-refractivity contribution >= 4 is 31.3 Å². The van der Waals surface area contributed by atoms with Crippen LogP contribution < -0.4 is 0 Å². The molecule has 21 heavy (non-hydrogen) atoms. The Morgan fingerprint density at radius 3 is 2.05 bits per heavy atom. The highest BCUT2D eigenvalue weighted by Crippen LogP contribution is 2.26. The molecule has 0 saturated heterocycles. The number of hydrogen-bond acceptors (Lipinski definition) is 4. The number of carboxylic acid groups (broad SMARTS) is 1. The lowest BCUT2D eigenvalue weighted by Crippen LogP contribution is -2.44. The Labute approximate surface area is 128 Å². The van der Waals surface area contributed by atoms with Crippen molar-refractivity contribution in [3.63, 3.8) is 0 Å². The number of hydrogen-bond donors (Lipinski definition) is 2. The van der Waals surface area contributed by atoms with E-state index in [0.717, 1.165) is 4.90 Å². The summed E-state index contributed by atoms with van der Waals surface area (Å²) < 4.78 is 0. The molecule has 0 saturated carbocycles. The van der Waals surface area contributed by atoms with Gasteiger partial charge in [0.15, 0.2) is 0 Å². The largest absolute Gasteiger partial charge is 0.480 e. The molecule has 0 aliphatic carbocycles. The van der Waals surface area contributed by atoms with Gasteiger partial charge in [0, 0.05) is 6.61 Å². The summed E-state index contributed by atoms with van der Waals surface area (Å²) in [4.78, 5) is 36.5. The molecule has 1 aliphatic rings. The van der Waals surface area contributed by atoms with Crippen molar-refractivity contribution in [2.75, 3.05) is 6.61 Å². The first kappa shape index (κ1) is 17.2. The maximum Gasteiger partial charge on any atom is 0.326 e. The zero-order valence-electron chi connectivity index (χ0n) is 11.3. The normalized spacial score (nSPS) is 14.6. The highest BCUT2D eigenvalue weighted by molar-refractivity contribution is 7.59.